The minimum atomic E-state index is -7.48. The highest BCUT2D eigenvalue weighted by Crippen LogP contribution is 2.53. The third kappa shape index (κ3) is 4.96. The van der Waals surface area contributed by atoms with E-state index in [0.29, 0.717) is 0 Å². The number of allylic oxidation sites excluding steroid dienone is 2. The zero-order chi connectivity index (χ0) is 25.4. The summed E-state index contributed by atoms with van der Waals surface area (Å²) in [7, 11) is 0. The quantitative estimate of drug-likeness (QED) is 0.185. The number of alkyl halides is 12. The lowest BCUT2D eigenvalue weighted by Crippen LogP contribution is -2.57. The topological polar surface area (TPSA) is 27.7 Å². The Kier molecular flexibility index (Phi) is 8.04. The molecule has 0 N–H and O–H groups in total. The fourth-order valence-electron chi connectivity index (χ4n) is 1.09. The molecule has 0 aliphatic carbocycles. The van der Waals surface area contributed by atoms with E-state index in [1.165, 1.54) is 0 Å². The highest BCUT2D eigenvalue weighted by Gasteiger charge is 2.79. The first-order valence-corrected chi connectivity index (χ1v) is 6.14. The molecular formula is C10F18O3. The molecule has 0 bridgehead atoms. The first-order valence-electron chi connectivity index (χ1n) is 6.14. The number of rotatable bonds is 10. The highest BCUT2D eigenvalue weighted by atomic mass is 19.4. The molecule has 0 aromatic carbocycles. The van der Waals surface area contributed by atoms with Gasteiger partial charge in [-0.05, 0) is 0 Å². The maximum Gasteiger partial charge on any atom is 0.454 e. The number of hydrogen-bond acceptors (Lipinski definition) is 3. The molecule has 0 spiro atoms. The molecule has 0 fully saturated rings. The molecule has 0 aliphatic rings. The van der Waals surface area contributed by atoms with E-state index in [1.807, 2.05) is 5.04 Å². The molecule has 21 heteroatoms. The van der Waals surface area contributed by atoms with Crippen LogP contribution in [0.15, 0.2) is 23.8 Å². The summed E-state index contributed by atoms with van der Waals surface area (Å²) in [6.45, 7) is 0. The molecular weight excluding hydrogens is 510 g/mol. The lowest BCUT2D eigenvalue weighted by atomic mass is 10.1. The van der Waals surface area contributed by atoms with Crippen molar-refractivity contribution in [2.24, 2.45) is 0 Å². The average Bonchev–Trinajstić information content (AvgIpc) is 2.58. The average molecular weight is 510 g/mol. The maximum absolute atomic E-state index is 12.9. The summed E-state index contributed by atoms with van der Waals surface area (Å²) in [5, 5.41) is 1.83. The minimum Gasteiger partial charge on any atom is -0.199 e. The Morgan fingerprint density at radius 2 is 0.645 bits per heavy atom. The summed E-state index contributed by atoms with van der Waals surface area (Å²) in [5.41, 5.74) is 0. The van der Waals surface area contributed by atoms with Gasteiger partial charge in [-0.15, -0.1) is 9.78 Å². The zero-order valence-electron chi connectivity index (χ0n) is 13.0. The Bertz CT molecular complexity index is 656. The summed E-state index contributed by atoms with van der Waals surface area (Å²) in [6.07, 6.45) is -23.0. The van der Waals surface area contributed by atoms with Crippen LogP contribution in [0.1, 0.15) is 0 Å². The molecule has 0 aromatic rings. The highest BCUT2D eigenvalue weighted by molar-refractivity contribution is 5.14. The van der Waals surface area contributed by atoms with Crippen molar-refractivity contribution < 1.29 is 93.8 Å². The molecule has 0 amide bonds. The van der Waals surface area contributed by atoms with Crippen molar-refractivity contribution >= 4 is 0 Å². The van der Waals surface area contributed by atoms with Crippen molar-refractivity contribution in [3.05, 3.63) is 23.8 Å². The predicted molar refractivity (Wildman–Crippen MR) is 53.6 cm³/mol. The van der Waals surface area contributed by atoms with Crippen LogP contribution in [0.3, 0.4) is 0 Å². The van der Waals surface area contributed by atoms with Gasteiger partial charge >= 0.3 is 48.1 Å². The molecule has 0 atom stereocenters. The van der Waals surface area contributed by atoms with Crippen molar-refractivity contribution in [1.29, 1.82) is 0 Å². The molecule has 0 radical (unpaired) electrons. The summed E-state index contributed by atoms with van der Waals surface area (Å²) in [4.78, 5) is 3.46. The first kappa shape index (κ1) is 29.1. The summed E-state index contributed by atoms with van der Waals surface area (Å²) >= 11 is 0. The van der Waals surface area contributed by atoms with E-state index in [2.05, 4.69) is 0 Å². The van der Waals surface area contributed by atoms with Crippen LogP contribution in [-0.2, 0) is 14.8 Å². The van der Waals surface area contributed by atoms with Gasteiger partial charge in [0.1, 0.15) is 0 Å². The Morgan fingerprint density at radius 1 is 0.419 bits per heavy atom. The Labute approximate surface area is 155 Å². The van der Waals surface area contributed by atoms with Crippen LogP contribution in [-0.4, -0.2) is 35.9 Å². The molecule has 0 aliphatic heterocycles. The molecule has 0 saturated heterocycles. The predicted octanol–water partition coefficient (Wildman–Crippen LogP) is 6.75. The van der Waals surface area contributed by atoms with Crippen LogP contribution in [0, 0.1) is 0 Å². The molecule has 3 nitrogen and oxygen atoms in total. The Balaban J connectivity index is 5.71. The zero-order valence-corrected chi connectivity index (χ0v) is 13.0. The van der Waals surface area contributed by atoms with E-state index in [0.717, 1.165) is 0 Å². The van der Waals surface area contributed by atoms with Gasteiger partial charge in [0.05, 0.1) is 0 Å². The van der Waals surface area contributed by atoms with Gasteiger partial charge in [-0.3, -0.25) is 0 Å². The summed E-state index contributed by atoms with van der Waals surface area (Å²) < 4.78 is 225. The van der Waals surface area contributed by atoms with Crippen LogP contribution in [0.2, 0.25) is 0 Å². The van der Waals surface area contributed by atoms with Gasteiger partial charge in [0.25, 0.3) is 0 Å². The first-order chi connectivity index (χ1) is 13.4. The van der Waals surface area contributed by atoms with Crippen molar-refractivity contribution in [3.8, 4) is 0 Å². The molecule has 31 heavy (non-hydrogen) atoms. The van der Waals surface area contributed by atoms with Crippen LogP contribution < -0.4 is 0 Å². The van der Waals surface area contributed by atoms with Gasteiger partial charge in [0.15, 0.2) is 0 Å². The van der Waals surface area contributed by atoms with Gasteiger partial charge in [-0.2, -0.15) is 79.0 Å². The second-order valence-corrected chi connectivity index (χ2v) is 4.71. The molecule has 0 saturated carbocycles. The Hall–Kier alpha value is -1.90. The smallest absolute Gasteiger partial charge is 0.199 e. The number of hydrogen-bond donors (Lipinski definition) is 0. The third-order valence-electron chi connectivity index (χ3n) is 2.68. The lowest BCUT2D eigenvalue weighted by molar-refractivity contribution is -0.656. The van der Waals surface area contributed by atoms with Crippen LogP contribution in [0.5, 0.6) is 0 Å². The molecule has 0 rings (SSSR count). The van der Waals surface area contributed by atoms with E-state index < -0.39 is 59.7 Å². The van der Waals surface area contributed by atoms with E-state index >= 15 is 0 Å². The van der Waals surface area contributed by atoms with Crippen molar-refractivity contribution in [3.63, 3.8) is 0 Å². The van der Waals surface area contributed by atoms with Gasteiger partial charge in [0.2, 0.25) is 11.7 Å². The van der Waals surface area contributed by atoms with Gasteiger partial charge in [-0.25, -0.2) is 0 Å². The largest absolute Gasteiger partial charge is 0.454 e. The minimum absolute atomic E-state index is 1.73. The van der Waals surface area contributed by atoms with Crippen molar-refractivity contribution in [2.75, 3.05) is 0 Å². The third-order valence-corrected chi connectivity index (χ3v) is 2.68. The van der Waals surface area contributed by atoms with Crippen LogP contribution in [0.4, 0.5) is 79.0 Å². The normalized spacial score (nSPS) is 14.5. The summed E-state index contributed by atoms with van der Waals surface area (Å²) in [6, 6.07) is 0. The lowest BCUT2D eigenvalue weighted by Gasteiger charge is -2.31. The second-order valence-electron chi connectivity index (χ2n) is 4.71. The van der Waals surface area contributed by atoms with Crippen molar-refractivity contribution in [1.82, 2.24) is 0 Å². The maximum atomic E-state index is 12.9. The fourth-order valence-corrected chi connectivity index (χ4v) is 1.09. The van der Waals surface area contributed by atoms with E-state index in [4.69, 9.17) is 0 Å². The standard InChI is InChI=1S/C10F18O3/c11-1(3(13)14)5(17,18)7(21,22)9(25,26)29-31-30-10(27,28)8(23,24)6(19,20)2(12)4(15)16. The molecule has 0 aromatic heterocycles. The number of halogens is 18. The van der Waals surface area contributed by atoms with Crippen molar-refractivity contribution in [2.45, 2.75) is 35.9 Å². The van der Waals surface area contributed by atoms with Gasteiger partial charge in [0, 0.05) is 0 Å². The van der Waals surface area contributed by atoms with Gasteiger partial charge in [-0.1, -0.05) is 5.04 Å². The van der Waals surface area contributed by atoms with Crippen LogP contribution in [0.25, 0.3) is 0 Å². The Morgan fingerprint density at radius 3 is 0.839 bits per heavy atom. The summed E-state index contributed by atoms with van der Waals surface area (Å²) in [5.74, 6) is -38.3. The van der Waals surface area contributed by atoms with E-state index in [9.17, 15) is 79.0 Å². The van der Waals surface area contributed by atoms with Crippen LogP contribution >= 0.6 is 0 Å². The van der Waals surface area contributed by atoms with Gasteiger partial charge < -0.3 is 0 Å². The molecule has 184 valence electrons. The molecule has 0 heterocycles. The second kappa shape index (κ2) is 8.56. The monoisotopic (exact) mass is 510 g/mol. The SMILES string of the molecule is FC(F)=C(F)C(F)(F)C(F)(F)C(F)(F)OOOC(F)(F)C(F)(F)C(F)(F)C(F)=C(F)F. The molecule has 0 unspecified atom stereocenters. The fraction of sp³-hybridized carbons (Fsp3) is 0.600. The van der Waals surface area contributed by atoms with E-state index in [1.54, 1.807) is 9.78 Å². The van der Waals surface area contributed by atoms with E-state index in [-0.39, 0.29) is 0 Å².